The highest BCUT2D eigenvalue weighted by molar-refractivity contribution is 5.92. The molecule has 1 unspecified atom stereocenters. The minimum absolute atomic E-state index is 0.0901. The number of nitrogens with one attached hydrogen (secondary N) is 1. The molecule has 7 heteroatoms. The fraction of sp³-hybridized carbons (Fsp3) is 0.333. The van der Waals surface area contributed by atoms with Crippen LogP contribution < -0.4 is 10.2 Å². The van der Waals surface area contributed by atoms with Crippen LogP contribution in [0.25, 0.3) is 0 Å². The third kappa shape index (κ3) is 3.92. The number of carboxylic acids is 1. The smallest absolute Gasteiger partial charge is 0.334 e. The van der Waals surface area contributed by atoms with Crippen LogP contribution in [-0.2, 0) is 4.79 Å². The van der Waals surface area contributed by atoms with Crippen molar-refractivity contribution >= 4 is 17.7 Å². The van der Waals surface area contributed by atoms with Crippen molar-refractivity contribution < 1.29 is 24.2 Å². The highest BCUT2D eigenvalue weighted by Gasteiger charge is 2.19. The molecule has 2 amide bonds. The van der Waals surface area contributed by atoms with E-state index in [9.17, 15) is 14.0 Å². The highest BCUT2D eigenvalue weighted by Crippen LogP contribution is 2.18. The van der Waals surface area contributed by atoms with Crippen molar-refractivity contribution in [1.29, 1.82) is 0 Å². The molecule has 1 aromatic carbocycles. The lowest BCUT2D eigenvalue weighted by Gasteiger charge is -2.22. The Labute approximate surface area is 109 Å². The van der Waals surface area contributed by atoms with Gasteiger partial charge in [-0.25, -0.2) is 14.0 Å². The van der Waals surface area contributed by atoms with E-state index in [1.54, 1.807) is 13.0 Å². The Hall–Kier alpha value is -2.15. The summed E-state index contributed by atoms with van der Waals surface area (Å²) in [6.07, 6.45) is -1.69. The van der Waals surface area contributed by atoms with Crippen molar-refractivity contribution in [3.8, 4) is 0 Å². The van der Waals surface area contributed by atoms with Gasteiger partial charge >= 0.3 is 12.0 Å². The second kappa shape index (κ2) is 6.69. The van der Waals surface area contributed by atoms with Crippen LogP contribution in [0.3, 0.4) is 0 Å². The van der Waals surface area contributed by atoms with Gasteiger partial charge in [0.1, 0.15) is 5.82 Å². The average Bonchev–Trinajstić information content (AvgIpc) is 2.38. The van der Waals surface area contributed by atoms with Crippen LogP contribution in [0.5, 0.6) is 0 Å². The number of benzene rings is 1. The van der Waals surface area contributed by atoms with Gasteiger partial charge in [0, 0.05) is 6.54 Å². The molecule has 0 aliphatic carbocycles. The van der Waals surface area contributed by atoms with Gasteiger partial charge < -0.3 is 15.5 Å². The molecule has 0 radical (unpaired) electrons. The molecule has 1 aromatic rings. The predicted octanol–water partition coefficient (Wildman–Crippen LogP) is 0.807. The Morgan fingerprint density at radius 3 is 2.58 bits per heavy atom. The number of carboxylic acid groups (broad SMARTS) is 1. The Kier molecular flexibility index (Phi) is 5.25. The van der Waals surface area contributed by atoms with Gasteiger partial charge in [0.05, 0.1) is 12.2 Å². The highest BCUT2D eigenvalue weighted by atomic mass is 19.1. The van der Waals surface area contributed by atoms with Gasteiger partial charge in [-0.3, -0.25) is 4.90 Å². The summed E-state index contributed by atoms with van der Waals surface area (Å²) in [4.78, 5) is 23.3. The van der Waals surface area contributed by atoms with E-state index in [4.69, 9.17) is 10.2 Å². The second-order valence-electron chi connectivity index (χ2n) is 3.74. The zero-order valence-electron chi connectivity index (χ0n) is 10.3. The molecule has 104 valence electrons. The fourth-order valence-corrected chi connectivity index (χ4v) is 1.46. The molecular weight excluding hydrogens is 255 g/mol. The molecule has 0 saturated carbocycles. The second-order valence-corrected chi connectivity index (χ2v) is 3.74. The molecule has 0 heterocycles. The SMILES string of the molecule is CCN(C(=O)NCC(O)C(=O)O)c1ccccc1F. The van der Waals surface area contributed by atoms with E-state index >= 15 is 0 Å². The number of halogens is 1. The first-order valence-corrected chi connectivity index (χ1v) is 5.68. The molecule has 19 heavy (non-hydrogen) atoms. The maximum absolute atomic E-state index is 13.5. The van der Waals surface area contributed by atoms with Crippen molar-refractivity contribution in [3.05, 3.63) is 30.1 Å². The number of urea groups is 1. The summed E-state index contributed by atoms with van der Waals surface area (Å²) < 4.78 is 13.5. The van der Waals surface area contributed by atoms with E-state index in [0.29, 0.717) is 0 Å². The van der Waals surface area contributed by atoms with Crippen LogP contribution in [0.1, 0.15) is 6.92 Å². The predicted molar refractivity (Wildman–Crippen MR) is 66.5 cm³/mol. The quantitative estimate of drug-likeness (QED) is 0.738. The number of aliphatic carboxylic acids is 1. The fourth-order valence-electron chi connectivity index (χ4n) is 1.46. The van der Waals surface area contributed by atoms with E-state index in [1.807, 2.05) is 0 Å². The molecule has 0 saturated heterocycles. The third-order valence-electron chi connectivity index (χ3n) is 2.44. The Balaban J connectivity index is 2.73. The van der Waals surface area contributed by atoms with Crippen molar-refractivity contribution in [3.63, 3.8) is 0 Å². The monoisotopic (exact) mass is 270 g/mol. The molecule has 0 aromatic heterocycles. The molecule has 1 rings (SSSR count). The first kappa shape index (κ1) is 14.9. The number of rotatable bonds is 5. The zero-order valence-corrected chi connectivity index (χ0v) is 10.3. The van der Waals surface area contributed by atoms with Crippen LogP contribution in [0.4, 0.5) is 14.9 Å². The number of carbonyl (C=O) groups excluding carboxylic acids is 1. The third-order valence-corrected chi connectivity index (χ3v) is 2.44. The standard InChI is InChI=1S/C12H15FN2O4/c1-2-15(9-6-4-3-5-8(9)13)12(19)14-7-10(16)11(17)18/h3-6,10,16H,2,7H2,1H3,(H,14,19)(H,17,18). The van der Waals surface area contributed by atoms with Crippen LogP contribution in [0.15, 0.2) is 24.3 Å². The number of para-hydroxylation sites is 1. The van der Waals surface area contributed by atoms with E-state index in [1.165, 1.54) is 18.2 Å². The molecule has 1 atom stereocenters. The maximum Gasteiger partial charge on any atom is 0.334 e. The van der Waals surface area contributed by atoms with Gasteiger partial charge in [-0.2, -0.15) is 0 Å². The van der Waals surface area contributed by atoms with Crippen molar-refractivity contribution in [2.24, 2.45) is 0 Å². The van der Waals surface area contributed by atoms with Gasteiger partial charge in [-0.05, 0) is 19.1 Å². The van der Waals surface area contributed by atoms with Crippen molar-refractivity contribution in [2.45, 2.75) is 13.0 Å². The van der Waals surface area contributed by atoms with Gasteiger partial charge in [0.15, 0.2) is 6.10 Å². The average molecular weight is 270 g/mol. The van der Waals surface area contributed by atoms with E-state index in [-0.39, 0.29) is 12.2 Å². The van der Waals surface area contributed by atoms with Crippen molar-refractivity contribution in [1.82, 2.24) is 5.32 Å². The number of nitrogens with zero attached hydrogens (tertiary/aromatic N) is 1. The summed E-state index contributed by atoms with van der Waals surface area (Å²) in [6.45, 7) is 1.41. The van der Waals surface area contributed by atoms with Crippen LogP contribution >= 0.6 is 0 Å². The lowest BCUT2D eigenvalue weighted by molar-refractivity contribution is -0.146. The molecule has 0 spiro atoms. The number of hydrogen-bond donors (Lipinski definition) is 3. The first-order chi connectivity index (χ1) is 8.97. The summed E-state index contributed by atoms with van der Waals surface area (Å²) >= 11 is 0. The van der Waals surface area contributed by atoms with Gasteiger partial charge in [0.2, 0.25) is 0 Å². The number of amides is 2. The minimum Gasteiger partial charge on any atom is -0.479 e. The van der Waals surface area contributed by atoms with Crippen LogP contribution in [0.2, 0.25) is 0 Å². The molecule has 0 fully saturated rings. The van der Waals surface area contributed by atoms with E-state index in [0.717, 1.165) is 4.90 Å². The summed E-state index contributed by atoms with van der Waals surface area (Å²) in [7, 11) is 0. The minimum atomic E-state index is -1.69. The molecular formula is C12H15FN2O4. The van der Waals surface area contributed by atoms with Gasteiger partial charge in [-0.1, -0.05) is 12.1 Å². The Bertz CT molecular complexity index is 467. The summed E-state index contributed by atoms with van der Waals surface area (Å²) in [5.74, 6) is -1.99. The summed E-state index contributed by atoms with van der Waals surface area (Å²) in [5.41, 5.74) is 0.0901. The number of aliphatic hydroxyl groups is 1. The first-order valence-electron chi connectivity index (χ1n) is 5.68. The lowest BCUT2D eigenvalue weighted by Crippen LogP contribution is -2.44. The maximum atomic E-state index is 13.5. The molecule has 0 aliphatic heterocycles. The molecule has 3 N–H and O–H groups in total. The van der Waals surface area contributed by atoms with Gasteiger partial charge in [-0.15, -0.1) is 0 Å². The van der Waals surface area contributed by atoms with Gasteiger partial charge in [0.25, 0.3) is 0 Å². The number of aliphatic hydroxyl groups excluding tert-OH is 1. The number of carbonyl (C=O) groups is 2. The largest absolute Gasteiger partial charge is 0.479 e. The zero-order chi connectivity index (χ0) is 14.4. The topological polar surface area (TPSA) is 89.9 Å². The molecule has 6 nitrogen and oxygen atoms in total. The molecule has 0 bridgehead atoms. The number of hydrogen-bond acceptors (Lipinski definition) is 3. The summed E-state index contributed by atoms with van der Waals surface area (Å²) in [5, 5.41) is 19.8. The van der Waals surface area contributed by atoms with E-state index < -0.39 is 30.5 Å². The Morgan fingerprint density at radius 1 is 1.42 bits per heavy atom. The normalized spacial score (nSPS) is 11.7. The van der Waals surface area contributed by atoms with E-state index in [2.05, 4.69) is 5.32 Å². The lowest BCUT2D eigenvalue weighted by atomic mass is 10.3. The molecule has 0 aliphatic rings. The number of anilines is 1. The Morgan fingerprint density at radius 2 is 2.05 bits per heavy atom. The van der Waals surface area contributed by atoms with Crippen molar-refractivity contribution in [2.75, 3.05) is 18.0 Å². The van der Waals surface area contributed by atoms with Crippen LogP contribution in [0, 0.1) is 5.82 Å². The summed E-state index contributed by atoms with van der Waals surface area (Å²) in [6, 6.07) is 5.07. The van der Waals surface area contributed by atoms with Crippen LogP contribution in [-0.4, -0.2) is 41.4 Å².